The van der Waals surface area contributed by atoms with Gasteiger partial charge in [-0.15, -0.1) is 0 Å². The van der Waals surface area contributed by atoms with Gasteiger partial charge in [0, 0.05) is 16.2 Å². The molecule has 0 aliphatic carbocycles. The Kier molecular flexibility index (Phi) is 3.47. The fraction of sp³-hybridized carbons (Fsp3) is 0.444. The normalized spacial score (nSPS) is 11.5. The summed E-state index contributed by atoms with van der Waals surface area (Å²) in [6.45, 7) is 3.69. The molecule has 2 N–H and O–H groups in total. The summed E-state index contributed by atoms with van der Waals surface area (Å²) in [7, 11) is 1.56. The Balaban J connectivity index is 3.23. The molecule has 4 nitrogen and oxygen atoms in total. The van der Waals surface area contributed by atoms with Crippen molar-refractivity contribution in [3.63, 3.8) is 0 Å². The van der Waals surface area contributed by atoms with Gasteiger partial charge >= 0.3 is 0 Å². The van der Waals surface area contributed by atoms with Crippen molar-refractivity contribution in [2.24, 2.45) is 5.90 Å². The Bertz CT molecular complexity index is 329. The van der Waals surface area contributed by atoms with Crippen molar-refractivity contribution in [1.82, 2.24) is 4.98 Å². The van der Waals surface area contributed by atoms with E-state index in [2.05, 4.69) is 20.9 Å². The van der Waals surface area contributed by atoms with Gasteiger partial charge in [-0.1, -0.05) is 0 Å². The van der Waals surface area contributed by atoms with Crippen LogP contribution in [0, 0.1) is 0 Å². The van der Waals surface area contributed by atoms with Crippen molar-refractivity contribution in [3.05, 3.63) is 22.3 Å². The monoisotopic (exact) mass is 260 g/mol. The quantitative estimate of drug-likeness (QED) is 0.845. The predicted octanol–water partition coefficient (Wildman–Crippen LogP) is 1.98. The summed E-state index contributed by atoms with van der Waals surface area (Å²) in [5.74, 6) is 5.73. The Morgan fingerprint density at radius 3 is 2.64 bits per heavy atom. The van der Waals surface area contributed by atoms with Gasteiger partial charge in [0.05, 0.1) is 7.11 Å². The second-order valence-electron chi connectivity index (χ2n) is 3.34. The summed E-state index contributed by atoms with van der Waals surface area (Å²) < 4.78 is 5.98. The molecule has 0 aromatic carbocycles. The Hall–Kier alpha value is -0.650. The van der Waals surface area contributed by atoms with Crippen LogP contribution in [0.5, 0.6) is 5.88 Å². The van der Waals surface area contributed by atoms with Crippen LogP contribution in [0.1, 0.15) is 19.4 Å². The SMILES string of the molecule is COc1ncc(Br)cc1C(C)(C)ON. The molecule has 0 saturated heterocycles. The topological polar surface area (TPSA) is 57.4 Å². The number of pyridine rings is 1. The zero-order chi connectivity index (χ0) is 10.8. The molecule has 78 valence electrons. The molecule has 1 heterocycles. The van der Waals surface area contributed by atoms with Gasteiger partial charge in [-0.2, -0.15) is 0 Å². The number of aromatic nitrogens is 1. The van der Waals surface area contributed by atoms with Crippen molar-refractivity contribution in [3.8, 4) is 5.88 Å². The minimum absolute atomic E-state index is 0.517. The van der Waals surface area contributed by atoms with Gasteiger partial charge in [0.25, 0.3) is 0 Å². The van der Waals surface area contributed by atoms with Crippen molar-refractivity contribution < 1.29 is 9.57 Å². The molecule has 0 spiro atoms. The van der Waals surface area contributed by atoms with E-state index >= 15 is 0 Å². The first-order chi connectivity index (χ1) is 6.51. The molecular weight excluding hydrogens is 248 g/mol. The fourth-order valence-electron chi connectivity index (χ4n) is 1.08. The molecule has 0 unspecified atom stereocenters. The molecule has 1 aromatic rings. The third kappa shape index (κ3) is 2.23. The number of hydrogen-bond donors (Lipinski definition) is 1. The first kappa shape index (κ1) is 11.4. The standard InChI is InChI=1S/C9H13BrN2O2/c1-9(2,14-11)7-4-6(10)5-12-8(7)13-3/h4-5H,11H2,1-3H3. The highest BCUT2D eigenvalue weighted by Gasteiger charge is 2.25. The number of rotatable bonds is 3. The van der Waals surface area contributed by atoms with E-state index in [4.69, 9.17) is 15.5 Å². The van der Waals surface area contributed by atoms with E-state index in [0.717, 1.165) is 10.0 Å². The highest BCUT2D eigenvalue weighted by molar-refractivity contribution is 9.10. The summed E-state index contributed by atoms with van der Waals surface area (Å²) in [6.07, 6.45) is 1.66. The lowest BCUT2D eigenvalue weighted by Crippen LogP contribution is -2.26. The molecule has 0 amide bonds. The van der Waals surface area contributed by atoms with Crippen molar-refractivity contribution in [2.75, 3.05) is 7.11 Å². The van der Waals surface area contributed by atoms with Crippen LogP contribution in [0.15, 0.2) is 16.7 Å². The number of nitrogens with zero attached hydrogens (tertiary/aromatic N) is 1. The van der Waals surface area contributed by atoms with Gasteiger partial charge in [0.15, 0.2) is 0 Å². The number of nitrogens with two attached hydrogens (primary N) is 1. The van der Waals surface area contributed by atoms with Crippen molar-refractivity contribution in [1.29, 1.82) is 0 Å². The van der Waals surface area contributed by atoms with Gasteiger partial charge in [-0.25, -0.2) is 10.9 Å². The highest BCUT2D eigenvalue weighted by Crippen LogP contribution is 2.31. The molecule has 1 rings (SSSR count). The molecule has 0 atom stereocenters. The van der Waals surface area contributed by atoms with E-state index in [1.54, 1.807) is 13.3 Å². The number of hydrogen-bond acceptors (Lipinski definition) is 4. The fourth-order valence-corrected chi connectivity index (χ4v) is 1.42. The van der Waals surface area contributed by atoms with Gasteiger partial charge in [0.2, 0.25) is 5.88 Å². The van der Waals surface area contributed by atoms with E-state index in [0.29, 0.717) is 5.88 Å². The Labute approximate surface area is 91.5 Å². The summed E-state index contributed by atoms with van der Waals surface area (Å²) in [5.41, 5.74) is 0.180. The number of halogens is 1. The third-order valence-electron chi connectivity index (χ3n) is 1.95. The zero-order valence-electron chi connectivity index (χ0n) is 8.37. The lowest BCUT2D eigenvalue weighted by molar-refractivity contribution is -0.0255. The van der Waals surface area contributed by atoms with Gasteiger partial charge < -0.3 is 4.74 Å². The molecular formula is C9H13BrN2O2. The second-order valence-corrected chi connectivity index (χ2v) is 4.25. The lowest BCUT2D eigenvalue weighted by Gasteiger charge is -2.23. The molecule has 0 saturated carbocycles. The van der Waals surface area contributed by atoms with Gasteiger partial charge in [0.1, 0.15) is 5.60 Å². The maximum atomic E-state index is 5.21. The minimum atomic E-state index is -0.623. The van der Waals surface area contributed by atoms with E-state index in [-0.39, 0.29) is 0 Å². The van der Waals surface area contributed by atoms with Crippen molar-refractivity contribution >= 4 is 15.9 Å². The van der Waals surface area contributed by atoms with E-state index in [9.17, 15) is 0 Å². The van der Waals surface area contributed by atoms with Gasteiger partial charge in [-0.3, -0.25) is 4.84 Å². The average molecular weight is 261 g/mol. The largest absolute Gasteiger partial charge is 0.481 e. The minimum Gasteiger partial charge on any atom is -0.481 e. The Morgan fingerprint density at radius 1 is 1.50 bits per heavy atom. The molecule has 0 fully saturated rings. The predicted molar refractivity (Wildman–Crippen MR) is 56.8 cm³/mol. The zero-order valence-corrected chi connectivity index (χ0v) is 9.96. The smallest absolute Gasteiger partial charge is 0.219 e. The van der Waals surface area contributed by atoms with Crippen LogP contribution in [-0.4, -0.2) is 12.1 Å². The molecule has 0 bridgehead atoms. The van der Waals surface area contributed by atoms with E-state index < -0.39 is 5.60 Å². The molecule has 0 aliphatic heterocycles. The third-order valence-corrected chi connectivity index (χ3v) is 2.39. The maximum Gasteiger partial charge on any atom is 0.219 e. The maximum absolute atomic E-state index is 5.21. The Morgan fingerprint density at radius 2 is 2.14 bits per heavy atom. The number of ether oxygens (including phenoxy) is 1. The summed E-state index contributed by atoms with van der Waals surface area (Å²) in [5, 5.41) is 0. The van der Waals surface area contributed by atoms with Crippen LogP contribution < -0.4 is 10.6 Å². The summed E-state index contributed by atoms with van der Waals surface area (Å²) in [6, 6.07) is 1.87. The number of methoxy groups -OCH3 is 1. The first-order valence-electron chi connectivity index (χ1n) is 4.09. The molecule has 0 radical (unpaired) electrons. The first-order valence-corrected chi connectivity index (χ1v) is 4.88. The van der Waals surface area contributed by atoms with Crippen LogP contribution >= 0.6 is 15.9 Å². The average Bonchev–Trinajstić information content (AvgIpc) is 2.18. The molecule has 5 heteroatoms. The summed E-state index contributed by atoms with van der Waals surface area (Å²) in [4.78, 5) is 8.99. The molecule has 1 aromatic heterocycles. The highest BCUT2D eigenvalue weighted by atomic mass is 79.9. The van der Waals surface area contributed by atoms with Crippen LogP contribution in [0.25, 0.3) is 0 Å². The van der Waals surface area contributed by atoms with Crippen LogP contribution in [-0.2, 0) is 10.4 Å². The lowest BCUT2D eigenvalue weighted by atomic mass is 10.00. The van der Waals surface area contributed by atoms with Crippen molar-refractivity contribution in [2.45, 2.75) is 19.4 Å². The molecule has 14 heavy (non-hydrogen) atoms. The molecule has 0 aliphatic rings. The van der Waals surface area contributed by atoms with Gasteiger partial charge in [-0.05, 0) is 35.8 Å². The van der Waals surface area contributed by atoms with E-state index in [1.807, 2.05) is 19.9 Å². The van der Waals surface area contributed by atoms with E-state index in [1.165, 1.54) is 0 Å². The van der Waals surface area contributed by atoms with Crippen LogP contribution in [0.3, 0.4) is 0 Å². The van der Waals surface area contributed by atoms with Crippen LogP contribution in [0.4, 0.5) is 0 Å². The van der Waals surface area contributed by atoms with Crippen LogP contribution in [0.2, 0.25) is 0 Å². The summed E-state index contributed by atoms with van der Waals surface area (Å²) >= 11 is 3.33. The second kappa shape index (κ2) is 4.25.